The first kappa shape index (κ1) is 15.5. The summed E-state index contributed by atoms with van der Waals surface area (Å²) in [4.78, 5) is 12.5. The molecular formula is C15H30N2O. The van der Waals surface area contributed by atoms with Crippen LogP contribution in [-0.2, 0) is 4.79 Å². The molecule has 1 amide bonds. The van der Waals surface area contributed by atoms with Crippen LogP contribution in [-0.4, -0.2) is 18.5 Å². The van der Waals surface area contributed by atoms with Gasteiger partial charge in [-0.3, -0.25) is 4.79 Å². The molecule has 0 aromatic rings. The average Bonchev–Trinajstić information content (AvgIpc) is 2.29. The van der Waals surface area contributed by atoms with E-state index in [1.165, 1.54) is 0 Å². The van der Waals surface area contributed by atoms with Crippen LogP contribution in [0.4, 0.5) is 0 Å². The highest BCUT2D eigenvalue weighted by Crippen LogP contribution is 2.38. The van der Waals surface area contributed by atoms with Crippen molar-refractivity contribution in [2.24, 2.45) is 23.0 Å². The third-order valence-electron chi connectivity index (χ3n) is 4.31. The topological polar surface area (TPSA) is 55.1 Å². The van der Waals surface area contributed by atoms with E-state index in [1.54, 1.807) is 0 Å². The Bertz CT molecular complexity index is 268. The van der Waals surface area contributed by atoms with Crippen molar-refractivity contribution in [3.63, 3.8) is 0 Å². The minimum absolute atomic E-state index is 0.185. The second-order valence-electron chi connectivity index (χ2n) is 6.67. The second-order valence-corrected chi connectivity index (χ2v) is 6.67. The normalized spacial score (nSPS) is 30.2. The lowest BCUT2D eigenvalue weighted by atomic mass is 9.70. The third kappa shape index (κ3) is 3.98. The number of nitrogens with two attached hydrogens (primary N) is 1. The van der Waals surface area contributed by atoms with Crippen LogP contribution in [0.3, 0.4) is 0 Å². The number of hydrogen-bond acceptors (Lipinski definition) is 2. The number of rotatable bonds is 5. The Balaban J connectivity index is 2.57. The van der Waals surface area contributed by atoms with E-state index in [2.05, 4.69) is 33.0 Å². The molecule has 3 N–H and O–H groups in total. The van der Waals surface area contributed by atoms with Gasteiger partial charge in [-0.25, -0.2) is 0 Å². The largest absolute Gasteiger partial charge is 0.353 e. The maximum absolute atomic E-state index is 12.5. The van der Waals surface area contributed by atoms with Gasteiger partial charge in [0, 0.05) is 12.6 Å². The van der Waals surface area contributed by atoms with Gasteiger partial charge in [-0.1, -0.05) is 20.8 Å². The fraction of sp³-hybridized carbons (Fsp3) is 0.933. The lowest BCUT2D eigenvalue weighted by Gasteiger charge is -2.38. The Kier molecular flexibility index (Phi) is 5.64. The first-order valence-corrected chi connectivity index (χ1v) is 7.40. The summed E-state index contributed by atoms with van der Waals surface area (Å²) in [6, 6.07) is 0.250. The van der Waals surface area contributed by atoms with Crippen LogP contribution in [0.25, 0.3) is 0 Å². The molecule has 0 radical (unpaired) electrons. The molecule has 1 aliphatic rings. The van der Waals surface area contributed by atoms with Gasteiger partial charge in [0.1, 0.15) is 0 Å². The molecule has 1 atom stereocenters. The lowest BCUT2D eigenvalue weighted by Crippen LogP contribution is -2.50. The molecule has 1 saturated carbocycles. The van der Waals surface area contributed by atoms with E-state index in [-0.39, 0.29) is 17.4 Å². The zero-order chi connectivity index (χ0) is 13.8. The van der Waals surface area contributed by atoms with E-state index < -0.39 is 0 Å². The predicted octanol–water partition coefficient (Wildman–Crippen LogP) is 2.69. The van der Waals surface area contributed by atoms with Crippen LogP contribution in [0.2, 0.25) is 0 Å². The maximum Gasteiger partial charge on any atom is 0.227 e. The van der Waals surface area contributed by atoms with Gasteiger partial charge >= 0.3 is 0 Å². The molecule has 1 rings (SSSR count). The molecule has 0 aliphatic heterocycles. The monoisotopic (exact) mass is 254 g/mol. The summed E-state index contributed by atoms with van der Waals surface area (Å²) >= 11 is 0. The summed E-state index contributed by atoms with van der Waals surface area (Å²) in [6.07, 6.45) is 5.19. The smallest absolute Gasteiger partial charge is 0.227 e. The molecule has 0 spiro atoms. The number of carbonyl (C=O) groups excluding carboxylic acids is 1. The summed E-state index contributed by atoms with van der Waals surface area (Å²) in [5.41, 5.74) is 5.61. The quantitative estimate of drug-likeness (QED) is 0.792. The molecule has 106 valence electrons. The molecule has 18 heavy (non-hydrogen) atoms. The molecule has 1 aliphatic carbocycles. The molecule has 0 saturated heterocycles. The summed E-state index contributed by atoms with van der Waals surface area (Å²) in [7, 11) is 0. The van der Waals surface area contributed by atoms with Crippen molar-refractivity contribution in [1.29, 1.82) is 0 Å². The molecule has 1 unspecified atom stereocenters. The van der Waals surface area contributed by atoms with Crippen LogP contribution < -0.4 is 11.1 Å². The van der Waals surface area contributed by atoms with Crippen LogP contribution in [0.15, 0.2) is 0 Å². The molecule has 0 aromatic heterocycles. The van der Waals surface area contributed by atoms with Crippen molar-refractivity contribution in [1.82, 2.24) is 5.32 Å². The van der Waals surface area contributed by atoms with E-state index in [0.717, 1.165) is 38.0 Å². The summed E-state index contributed by atoms with van der Waals surface area (Å²) in [6.45, 7) is 9.21. The van der Waals surface area contributed by atoms with E-state index >= 15 is 0 Å². The highest BCUT2D eigenvalue weighted by Gasteiger charge is 2.40. The molecule has 3 heteroatoms. The molecule has 0 aromatic carbocycles. The number of hydrogen-bond donors (Lipinski definition) is 2. The average molecular weight is 254 g/mol. The van der Waals surface area contributed by atoms with Gasteiger partial charge in [-0.05, 0) is 50.9 Å². The summed E-state index contributed by atoms with van der Waals surface area (Å²) in [5, 5.41) is 3.17. The summed E-state index contributed by atoms with van der Waals surface area (Å²) < 4.78 is 0. The van der Waals surface area contributed by atoms with Gasteiger partial charge in [0.25, 0.3) is 0 Å². The van der Waals surface area contributed by atoms with Crippen LogP contribution >= 0.6 is 0 Å². The van der Waals surface area contributed by atoms with E-state index in [9.17, 15) is 4.79 Å². The number of nitrogens with one attached hydrogen (secondary N) is 1. The maximum atomic E-state index is 12.5. The zero-order valence-corrected chi connectivity index (χ0v) is 12.5. The van der Waals surface area contributed by atoms with Gasteiger partial charge < -0.3 is 11.1 Å². The Labute approximate surface area is 112 Å². The lowest BCUT2D eigenvalue weighted by molar-refractivity contribution is -0.133. The van der Waals surface area contributed by atoms with E-state index in [4.69, 9.17) is 5.73 Å². The molecule has 0 heterocycles. The first-order chi connectivity index (χ1) is 8.39. The Morgan fingerprint density at radius 2 is 1.89 bits per heavy atom. The molecule has 1 fully saturated rings. The fourth-order valence-electron chi connectivity index (χ4n) is 2.98. The van der Waals surface area contributed by atoms with Crippen molar-refractivity contribution < 1.29 is 4.79 Å². The van der Waals surface area contributed by atoms with Crippen LogP contribution in [0.1, 0.15) is 59.8 Å². The van der Waals surface area contributed by atoms with Crippen LogP contribution in [0, 0.1) is 17.3 Å². The van der Waals surface area contributed by atoms with Gasteiger partial charge in [-0.2, -0.15) is 0 Å². The third-order valence-corrected chi connectivity index (χ3v) is 4.31. The fourth-order valence-corrected chi connectivity index (χ4v) is 2.98. The predicted molar refractivity (Wildman–Crippen MR) is 76.2 cm³/mol. The van der Waals surface area contributed by atoms with E-state index in [1.807, 2.05) is 0 Å². The van der Waals surface area contributed by atoms with Crippen molar-refractivity contribution in [3.05, 3.63) is 0 Å². The van der Waals surface area contributed by atoms with Crippen molar-refractivity contribution in [3.8, 4) is 0 Å². The minimum Gasteiger partial charge on any atom is -0.353 e. The van der Waals surface area contributed by atoms with Crippen molar-refractivity contribution in [2.45, 2.75) is 65.8 Å². The van der Waals surface area contributed by atoms with Crippen molar-refractivity contribution >= 4 is 5.91 Å². The highest BCUT2D eigenvalue weighted by molar-refractivity contribution is 5.83. The number of carbonyl (C=O) groups is 1. The van der Waals surface area contributed by atoms with Gasteiger partial charge in [0.2, 0.25) is 5.91 Å². The standard InChI is InChI=1S/C15H30N2O/c1-11(2)9-13(4)17-14(18)15(10-16)7-5-12(3)6-8-15/h11-13H,5-10,16H2,1-4H3,(H,17,18). The van der Waals surface area contributed by atoms with Gasteiger partial charge in [-0.15, -0.1) is 0 Å². The second kappa shape index (κ2) is 6.55. The SMILES string of the molecule is CC(C)CC(C)NC(=O)C1(CN)CCC(C)CC1. The molecular weight excluding hydrogens is 224 g/mol. The Morgan fingerprint density at radius 1 is 1.33 bits per heavy atom. The van der Waals surface area contributed by atoms with E-state index in [0.29, 0.717) is 12.5 Å². The van der Waals surface area contributed by atoms with Gasteiger partial charge in [0.15, 0.2) is 0 Å². The van der Waals surface area contributed by atoms with Crippen molar-refractivity contribution in [2.75, 3.05) is 6.54 Å². The summed E-state index contributed by atoms with van der Waals surface area (Å²) in [5.74, 6) is 1.54. The van der Waals surface area contributed by atoms with Gasteiger partial charge in [0.05, 0.1) is 5.41 Å². The first-order valence-electron chi connectivity index (χ1n) is 7.40. The molecule has 0 bridgehead atoms. The van der Waals surface area contributed by atoms with Crippen LogP contribution in [0.5, 0.6) is 0 Å². The highest BCUT2D eigenvalue weighted by atomic mass is 16.2. The number of amides is 1. The zero-order valence-electron chi connectivity index (χ0n) is 12.5. The Morgan fingerprint density at radius 3 is 2.33 bits per heavy atom. The molecule has 3 nitrogen and oxygen atoms in total. The Hall–Kier alpha value is -0.570. The minimum atomic E-state index is -0.294.